The zero-order valence-electron chi connectivity index (χ0n) is 20.2. The Morgan fingerprint density at radius 2 is 1.55 bits per heavy atom. The normalized spacial score (nSPS) is 20.8. The Morgan fingerprint density at radius 1 is 0.935 bits per heavy atom. The van der Waals surface area contributed by atoms with Gasteiger partial charge in [-0.15, -0.1) is 0 Å². The molecule has 1 saturated heterocycles. The van der Waals surface area contributed by atoms with Gasteiger partial charge in [0.25, 0.3) is 0 Å². The van der Waals surface area contributed by atoms with E-state index in [1.165, 1.54) is 33.6 Å². The van der Waals surface area contributed by atoms with E-state index in [0.717, 1.165) is 50.6 Å². The fraction of sp³-hybridized carbons (Fsp3) is 0.538. The number of fused-ring (bicyclic) bond motifs is 1. The highest BCUT2D eigenvalue weighted by atomic mass is 16.5. The van der Waals surface area contributed by atoms with Crippen LogP contribution in [0, 0.1) is 20.8 Å². The first kappa shape index (κ1) is 21.8. The first-order valence-electron chi connectivity index (χ1n) is 11.3. The van der Waals surface area contributed by atoms with Crippen molar-refractivity contribution in [3.05, 3.63) is 46.5 Å². The quantitative estimate of drug-likeness (QED) is 0.719. The lowest BCUT2D eigenvalue weighted by Gasteiger charge is -2.39. The molecule has 2 aromatic rings. The van der Waals surface area contributed by atoms with Crippen LogP contribution in [-0.4, -0.2) is 64.4 Å². The third-order valence-corrected chi connectivity index (χ3v) is 6.92. The third kappa shape index (κ3) is 4.08. The van der Waals surface area contributed by atoms with E-state index in [4.69, 9.17) is 9.47 Å². The molecule has 5 nitrogen and oxygen atoms in total. The van der Waals surface area contributed by atoms with Crippen LogP contribution >= 0.6 is 0 Å². The molecule has 0 saturated carbocycles. The van der Waals surface area contributed by atoms with Gasteiger partial charge in [-0.1, -0.05) is 0 Å². The number of ether oxygens (including phenoxy) is 2. The number of hydrogen-bond donors (Lipinski definition) is 0. The maximum Gasteiger partial charge on any atom is 0.127 e. The average molecular weight is 424 g/mol. The molecule has 0 bridgehead atoms. The number of likely N-dealkylation sites (N-methyl/N-ethyl adjacent to an activating group) is 1. The molecular formula is C26H37N3O2. The van der Waals surface area contributed by atoms with Gasteiger partial charge in [-0.25, -0.2) is 0 Å². The van der Waals surface area contributed by atoms with E-state index in [-0.39, 0.29) is 5.60 Å². The first-order chi connectivity index (χ1) is 14.7. The molecule has 1 unspecified atom stereocenters. The van der Waals surface area contributed by atoms with E-state index in [1.54, 1.807) is 7.11 Å². The molecule has 5 heteroatoms. The smallest absolute Gasteiger partial charge is 0.127 e. The molecular weight excluding hydrogens is 386 g/mol. The maximum absolute atomic E-state index is 6.56. The Hall–Kier alpha value is -2.40. The van der Waals surface area contributed by atoms with Crippen molar-refractivity contribution in [3.8, 4) is 11.5 Å². The topological polar surface area (TPSA) is 28.2 Å². The molecule has 1 fully saturated rings. The van der Waals surface area contributed by atoms with Gasteiger partial charge < -0.3 is 24.2 Å². The second-order valence-electron chi connectivity index (χ2n) is 9.67. The molecule has 0 aliphatic carbocycles. The Kier molecular flexibility index (Phi) is 5.82. The Balaban J connectivity index is 1.55. The highest BCUT2D eigenvalue weighted by Gasteiger charge is 2.39. The predicted molar refractivity (Wildman–Crippen MR) is 129 cm³/mol. The van der Waals surface area contributed by atoms with Gasteiger partial charge in [-0.05, 0) is 82.7 Å². The first-order valence-corrected chi connectivity index (χ1v) is 11.3. The van der Waals surface area contributed by atoms with Crippen molar-refractivity contribution in [1.29, 1.82) is 0 Å². The van der Waals surface area contributed by atoms with Crippen molar-refractivity contribution >= 4 is 11.4 Å². The van der Waals surface area contributed by atoms with Crippen molar-refractivity contribution in [2.45, 2.75) is 39.7 Å². The van der Waals surface area contributed by atoms with E-state index in [2.05, 4.69) is 68.6 Å². The van der Waals surface area contributed by atoms with Crippen LogP contribution in [0.5, 0.6) is 11.5 Å². The molecule has 31 heavy (non-hydrogen) atoms. The SMILES string of the molecule is COc1ccc(N2CCN(c3c(C)c(C)c4c(c3C)CC(C)(CN(C)C)O4)CC2)cc1. The fourth-order valence-electron chi connectivity index (χ4n) is 5.39. The molecule has 2 heterocycles. The Morgan fingerprint density at radius 3 is 2.13 bits per heavy atom. The van der Waals surface area contributed by atoms with Crippen LogP contribution in [0.4, 0.5) is 11.4 Å². The van der Waals surface area contributed by atoms with Crippen molar-refractivity contribution in [2.75, 3.05) is 63.7 Å². The van der Waals surface area contributed by atoms with Gasteiger partial charge in [0, 0.05) is 56.1 Å². The van der Waals surface area contributed by atoms with Crippen molar-refractivity contribution in [3.63, 3.8) is 0 Å². The van der Waals surface area contributed by atoms with Gasteiger partial charge in [0.2, 0.25) is 0 Å². The Labute approximate surface area is 187 Å². The molecule has 0 spiro atoms. The summed E-state index contributed by atoms with van der Waals surface area (Å²) >= 11 is 0. The molecule has 168 valence electrons. The van der Waals surface area contributed by atoms with Gasteiger partial charge in [0.05, 0.1) is 7.11 Å². The van der Waals surface area contributed by atoms with Crippen LogP contribution in [-0.2, 0) is 6.42 Å². The maximum atomic E-state index is 6.56. The van der Waals surface area contributed by atoms with Gasteiger partial charge in [0.15, 0.2) is 0 Å². The monoisotopic (exact) mass is 423 g/mol. The summed E-state index contributed by atoms with van der Waals surface area (Å²) < 4.78 is 11.9. The average Bonchev–Trinajstić information content (AvgIpc) is 3.10. The number of rotatable bonds is 5. The van der Waals surface area contributed by atoms with E-state index in [9.17, 15) is 0 Å². The van der Waals surface area contributed by atoms with E-state index in [1.807, 2.05) is 12.1 Å². The molecule has 2 aliphatic heterocycles. The van der Waals surface area contributed by atoms with E-state index < -0.39 is 0 Å². The number of hydrogen-bond acceptors (Lipinski definition) is 5. The van der Waals surface area contributed by atoms with Gasteiger partial charge in [-0.3, -0.25) is 0 Å². The zero-order chi connectivity index (χ0) is 22.3. The van der Waals surface area contributed by atoms with Crippen molar-refractivity contribution in [2.24, 2.45) is 0 Å². The molecule has 0 radical (unpaired) electrons. The third-order valence-electron chi connectivity index (χ3n) is 6.92. The van der Waals surface area contributed by atoms with Crippen molar-refractivity contribution in [1.82, 2.24) is 4.90 Å². The lowest BCUT2D eigenvalue weighted by Crippen LogP contribution is -2.47. The molecule has 4 rings (SSSR count). The number of benzene rings is 2. The van der Waals surface area contributed by atoms with Crippen LogP contribution in [0.3, 0.4) is 0 Å². The summed E-state index contributed by atoms with van der Waals surface area (Å²) in [5.41, 5.74) is 8.01. The summed E-state index contributed by atoms with van der Waals surface area (Å²) in [6, 6.07) is 8.41. The number of piperazine rings is 1. The number of anilines is 2. The Bertz CT molecular complexity index is 946. The van der Waals surface area contributed by atoms with Gasteiger partial charge in [0.1, 0.15) is 17.1 Å². The highest BCUT2D eigenvalue weighted by molar-refractivity contribution is 5.70. The van der Waals surface area contributed by atoms with Gasteiger partial charge in [-0.2, -0.15) is 0 Å². The summed E-state index contributed by atoms with van der Waals surface area (Å²) in [6.07, 6.45) is 0.978. The molecule has 2 aromatic carbocycles. The summed E-state index contributed by atoms with van der Waals surface area (Å²) in [4.78, 5) is 7.28. The van der Waals surface area contributed by atoms with Crippen LogP contribution in [0.25, 0.3) is 0 Å². The summed E-state index contributed by atoms with van der Waals surface area (Å²) in [7, 11) is 5.96. The summed E-state index contributed by atoms with van der Waals surface area (Å²) in [6.45, 7) is 14.1. The van der Waals surface area contributed by atoms with E-state index in [0.29, 0.717) is 0 Å². The molecule has 0 aromatic heterocycles. The van der Waals surface area contributed by atoms with Crippen LogP contribution in [0.2, 0.25) is 0 Å². The van der Waals surface area contributed by atoms with Crippen molar-refractivity contribution < 1.29 is 9.47 Å². The lowest BCUT2D eigenvalue weighted by atomic mass is 9.91. The van der Waals surface area contributed by atoms with E-state index >= 15 is 0 Å². The van der Waals surface area contributed by atoms with Gasteiger partial charge >= 0.3 is 0 Å². The molecule has 2 aliphatic rings. The minimum Gasteiger partial charge on any atom is -0.497 e. The summed E-state index contributed by atoms with van der Waals surface area (Å²) in [5.74, 6) is 2.03. The van der Waals surface area contributed by atoms with Crippen LogP contribution in [0.15, 0.2) is 24.3 Å². The highest BCUT2D eigenvalue weighted by Crippen LogP contribution is 2.45. The second kappa shape index (κ2) is 8.27. The predicted octanol–water partition coefficient (Wildman–Crippen LogP) is 4.20. The summed E-state index contributed by atoms with van der Waals surface area (Å²) in [5, 5.41) is 0. The largest absolute Gasteiger partial charge is 0.497 e. The number of nitrogens with zero attached hydrogens (tertiary/aromatic N) is 3. The standard InChI is InChI=1S/C26H37N3O2/c1-18-19(2)25-23(16-26(4,31-25)17-27(5)6)20(3)24(18)29-14-12-28(13-15-29)21-8-10-22(30-7)11-9-21/h8-11H,12-17H2,1-7H3. The van der Waals surface area contributed by atoms with Crippen LogP contribution in [0.1, 0.15) is 29.2 Å². The minimum absolute atomic E-state index is 0.153. The molecule has 1 atom stereocenters. The second-order valence-corrected chi connectivity index (χ2v) is 9.67. The molecule has 0 N–H and O–H groups in total. The minimum atomic E-state index is -0.153. The molecule has 0 amide bonds. The van der Waals surface area contributed by atoms with Crippen LogP contribution < -0.4 is 19.3 Å². The zero-order valence-corrected chi connectivity index (χ0v) is 20.2. The lowest BCUT2D eigenvalue weighted by molar-refractivity contribution is 0.0816. The fourth-order valence-corrected chi connectivity index (χ4v) is 5.39. The number of methoxy groups -OCH3 is 1.